The number of carbonyl (C=O) groups is 2. The highest BCUT2D eigenvalue weighted by molar-refractivity contribution is 5.98. The van der Waals surface area contributed by atoms with Crippen molar-refractivity contribution in [1.29, 1.82) is 0 Å². The number of H-pyrrole nitrogens is 1. The number of Topliss-reactive ketones (excluding diaryl/α,β-unsaturated/α-hetero) is 1. The van der Waals surface area contributed by atoms with Gasteiger partial charge in [0, 0.05) is 31.6 Å². The Morgan fingerprint density at radius 3 is 2.64 bits per heavy atom. The lowest BCUT2D eigenvalue weighted by Crippen LogP contribution is -2.44. The van der Waals surface area contributed by atoms with Crippen LogP contribution in [0.15, 0.2) is 43.0 Å². The Balaban J connectivity index is 1.35. The second kappa shape index (κ2) is 7.75. The van der Waals surface area contributed by atoms with Crippen molar-refractivity contribution in [1.82, 2.24) is 24.8 Å². The van der Waals surface area contributed by atoms with Gasteiger partial charge in [0.25, 0.3) is 0 Å². The summed E-state index contributed by atoms with van der Waals surface area (Å²) in [5, 5.41) is 0. The molecule has 0 unspecified atom stereocenters. The van der Waals surface area contributed by atoms with Gasteiger partial charge in [-0.15, -0.1) is 0 Å². The molecule has 4 rings (SSSR count). The highest BCUT2D eigenvalue weighted by Gasteiger charge is 2.28. The average molecular weight is 378 g/mol. The number of likely N-dealkylation sites (tertiary alicyclic amines) is 1. The number of benzene rings is 1. The van der Waals surface area contributed by atoms with Crippen molar-refractivity contribution in [3.63, 3.8) is 0 Å². The van der Waals surface area contributed by atoms with E-state index in [1.165, 1.54) is 6.33 Å². The molecule has 1 aromatic carbocycles. The van der Waals surface area contributed by atoms with Gasteiger partial charge in [0.05, 0.1) is 12.9 Å². The smallest absolute Gasteiger partial charge is 0.242 e. The highest BCUT2D eigenvalue weighted by Crippen LogP contribution is 2.23. The van der Waals surface area contributed by atoms with E-state index >= 15 is 0 Å². The van der Waals surface area contributed by atoms with Crippen LogP contribution in [0.5, 0.6) is 0 Å². The number of nitrogens with zero attached hydrogens (tertiary/aromatic N) is 5. The van der Waals surface area contributed by atoms with Crippen molar-refractivity contribution in [3.05, 3.63) is 48.5 Å². The Morgan fingerprint density at radius 1 is 1.14 bits per heavy atom. The third-order valence-electron chi connectivity index (χ3n) is 5.21. The molecule has 0 aliphatic carbocycles. The van der Waals surface area contributed by atoms with E-state index in [9.17, 15) is 9.59 Å². The summed E-state index contributed by atoms with van der Waals surface area (Å²) in [5.41, 5.74) is 2.04. The Bertz CT molecular complexity index is 979. The molecule has 0 bridgehead atoms. The maximum atomic E-state index is 12.7. The molecule has 1 aliphatic heterocycles. The second-order valence-corrected chi connectivity index (χ2v) is 7.04. The zero-order valence-corrected chi connectivity index (χ0v) is 15.7. The lowest BCUT2D eigenvalue weighted by Gasteiger charge is -2.32. The van der Waals surface area contributed by atoms with Crippen LogP contribution in [0.25, 0.3) is 11.2 Å². The van der Waals surface area contributed by atoms with Gasteiger partial charge < -0.3 is 14.8 Å². The molecule has 8 nitrogen and oxygen atoms in total. The number of rotatable bonds is 5. The van der Waals surface area contributed by atoms with Crippen molar-refractivity contribution in [2.24, 2.45) is 5.92 Å². The van der Waals surface area contributed by atoms with E-state index in [2.05, 4.69) is 19.9 Å². The Kier molecular flexibility index (Phi) is 5.01. The number of aromatic amines is 1. The molecule has 1 saturated heterocycles. The fourth-order valence-electron chi connectivity index (χ4n) is 3.65. The minimum Gasteiger partial charge on any atom is -0.348 e. The summed E-state index contributed by atoms with van der Waals surface area (Å²) >= 11 is 0. The van der Waals surface area contributed by atoms with E-state index < -0.39 is 0 Å². The number of piperidine rings is 1. The van der Waals surface area contributed by atoms with Crippen molar-refractivity contribution >= 4 is 28.7 Å². The molecule has 0 atom stereocenters. The molecule has 0 spiro atoms. The monoisotopic (exact) mass is 378 g/mol. The first-order chi connectivity index (χ1) is 13.6. The van der Waals surface area contributed by atoms with Crippen LogP contribution in [0, 0.1) is 5.92 Å². The highest BCUT2D eigenvalue weighted by atomic mass is 16.2. The summed E-state index contributed by atoms with van der Waals surface area (Å²) in [6.07, 6.45) is 4.40. The molecule has 28 heavy (non-hydrogen) atoms. The summed E-state index contributed by atoms with van der Waals surface area (Å²) in [6, 6.07) is 9.37. The molecule has 2 aromatic heterocycles. The lowest BCUT2D eigenvalue weighted by molar-refractivity contribution is -0.130. The SMILES string of the molecule is CN(CC(=O)N1CCC(C(=O)c2ccccc2)CC1)c1ncnc2nc[nH]c12. The number of ketones is 1. The number of nitrogens with one attached hydrogen (secondary N) is 1. The van der Waals surface area contributed by atoms with Gasteiger partial charge in [-0.05, 0) is 12.8 Å². The molecule has 144 valence electrons. The minimum absolute atomic E-state index is 0.0179. The van der Waals surface area contributed by atoms with E-state index in [0.717, 1.165) is 5.56 Å². The normalized spacial score (nSPS) is 15.0. The third kappa shape index (κ3) is 3.58. The molecule has 0 saturated carbocycles. The van der Waals surface area contributed by atoms with Crippen molar-refractivity contribution in [2.75, 3.05) is 31.6 Å². The average Bonchev–Trinajstić information content (AvgIpc) is 3.23. The largest absolute Gasteiger partial charge is 0.348 e. The lowest BCUT2D eigenvalue weighted by atomic mass is 9.89. The van der Waals surface area contributed by atoms with E-state index in [0.29, 0.717) is 42.9 Å². The molecule has 3 aromatic rings. The number of aromatic nitrogens is 4. The summed E-state index contributed by atoms with van der Waals surface area (Å²) in [6.45, 7) is 1.40. The quantitative estimate of drug-likeness (QED) is 0.682. The maximum absolute atomic E-state index is 12.7. The summed E-state index contributed by atoms with van der Waals surface area (Å²) < 4.78 is 0. The molecule has 0 radical (unpaired) electrons. The van der Waals surface area contributed by atoms with Crippen LogP contribution in [0.1, 0.15) is 23.2 Å². The summed E-state index contributed by atoms with van der Waals surface area (Å²) in [7, 11) is 1.83. The predicted molar refractivity (Wildman–Crippen MR) is 105 cm³/mol. The third-order valence-corrected chi connectivity index (χ3v) is 5.21. The summed E-state index contributed by atoms with van der Waals surface area (Å²) in [5.74, 6) is 0.826. The Labute approximate surface area is 162 Å². The first-order valence-electron chi connectivity index (χ1n) is 9.35. The van der Waals surface area contributed by atoms with Gasteiger partial charge in [0.2, 0.25) is 5.91 Å². The number of fused-ring (bicyclic) bond motifs is 1. The molecular weight excluding hydrogens is 356 g/mol. The number of likely N-dealkylation sites (N-methyl/N-ethyl adjacent to an activating group) is 1. The fraction of sp³-hybridized carbons (Fsp3) is 0.350. The van der Waals surface area contributed by atoms with Crippen LogP contribution in [-0.4, -0.2) is 63.2 Å². The standard InChI is InChI=1S/C20H22N6O2/c1-25(20-17-19(22-12-21-17)23-13-24-20)11-16(27)26-9-7-15(8-10-26)18(28)14-5-3-2-4-6-14/h2-6,12-13,15H,7-11H2,1H3,(H,21,22,23,24). The van der Waals surface area contributed by atoms with Gasteiger partial charge >= 0.3 is 0 Å². The van der Waals surface area contributed by atoms with Crippen LogP contribution in [-0.2, 0) is 4.79 Å². The molecule has 8 heteroatoms. The maximum Gasteiger partial charge on any atom is 0.242 e. The van der Waals surface area contributed by atoms with Gasteiger partial charge in [-0.2, -0.15) is 0 Å². The fourth-order valence-corrected chi connectivity index (χ4v) is 3.65. The van der Waals surface area contributed by atoms with E-state index in [1.807, 2.05) is 42.3 Å². The van der Waals surface area contributed by atoms with Crippen molar-refractivity contribution < 1.29 is 9.59 Å². The molecular formula is C20H22N6O2. The number of hydrogen-bond acceptors (Lipinski definition) is 6. The van der Waals surface area contributed by atoms with Crippen LogP contribution in [0.4, 0.5) is 5.82 Å². The molecule has 1 amide bonds. The Morgan fingerprint density at radius 2 is 1.89 bits per heavy atom. The van der Waals surface area contributed by atoms with Gasteiger partial charge in [0.15, 0.2) is 17.2 Å². The number of imidazole rings is 1. The van der Waals surface area contributed by atoms with Crippen LogP contribution in [0.2, 0.25) is 0 Å². The van der Waals surface area contributed by atoms with Crippen LogP contribution >= 0.6 is 0 Å². The zero-order chi connectivity index (χ0) is 19.5. The van der Waals surface area contributed by atoms with Crippen molar-refractivity contribution in [3.8, 4) is 0 Å². The molecule has 1 fully saturated rings. The van der Waals surface area contributed by atoms with Crippen LogP contribution < -0.4 is 4.90 Å². The van der Waals surface area contributed by atoms with E-state index in [-0.39, 0.29) is 24.2 Å². The van der Waals surface area contributed by atoms with Gasteiger partial charge in [-0.3, -0.25) is 9.59 Å². The van der Waals surface area contributed by atoms with Gasteiger partial charge in [0.1, 0.15) is 11.8 Å². The zero-order valence-electron chi connectivity index (χ0n) is 15.7. The first kappa shape index (κ1) is 18.1. The Hall–Kier alpha value is -3.29. The topological polar surface area (TPSA) is 95.1 Å². The van der Waals surface area contributed by atoms with Gasteiger partial charge in [-0.1, -0.05) is 30.3 Å². The number of carbonyl (C=O) groups excluding carboxylic acids is 2. The van der Waals surface area contributed by atoms with Gasteiger partial charge in [-0.25, -0.2) is 15.0 Å². The second-order valence-electron chi connectivity index (χ2n) is 7.04. The van der Waals surface area contributed by atoms with Crippen molar-refractivity contribution in [2.45, 2.75) is 12.8 Å². The molecule has 3 heterocycles. The molecule has 1 N–H and O–H groups in total. The van der Waals surface area contributed by atoms with E-state index in [1.54, 1.807) is 11.2 Å². The predicted octanol–water partition coefficient (Wildman–Crippen LogP) is 1.91. The first-order valence-corrected chi connectivity index (χ1v) is 9.35. The van der Waals surface area contributed by atoms with Crippen LogP contribution in [0.3, 0.4) is 0 Å². The number of anilines is 1. The molecule has 1 aliphatic rings. The van der Waals surface area contributed by atoms with E-state index in [4.69, 9.17) is 0 Å². The minimum atomic E-state index is -0.0179. The number of amides is 1. The number of hydrogen-bond donors (Lipinski definition) is 1. The summed E-state index contributed by atoms with van der Waals surface area (Å²) in [4.78, 5) is 44.5.